The normalized spacial score (nSPS) is 17.8. The number of rotatable bonds is 4. The van der Waals surface area contributed by atoms with Gasteiger partial charge in [-0.3, -0.25) is 4.79 Å². The van der Waals surface area contributed by atoms with Gasteiger partial charge in [-0.2, -0.15) is 0 Å². The number of carbonyl (C=O) groups excluding carboxylic acids is 1. The van der Waals surface area contributed by atoms with Crippen molar-refractivity contribution in [3.05, 3.63) is 29.8 Å². The molecule has 1 heterocycles. The minimum absolute atomic E-state index is 0.00852. The summed E-state index contributed by atoms with van der Waals surface area (Å²) < 4.78 is 11.0. The van der Waals surface area contributed by atoms with Gasteiger partial charge in [-0.05, 0) is 23.6 Å². The van der Waals surface area contributed by atoms with Gasteiger partial charge >= 0.3 is 0 Å². The molecule has 1 aromatic carbocycles. The van der Waals surface area contributed by atoms with E-state index in [-0.39, 0.29) is 5.91 Å². The van der Waals surface area contributed by atoms with Crippen molar-refractivity contribution in [1.82, 2.24) is 0 Å². The fourth-order valence-electron chi connectivity index (χ4n) is 2.72. The molecule has 0 unspecified atom stereocenters. The van der Waals surface area contributed by atoms with Crippen LogP contribution in [0, 0.1) is 0 Å². The zero-order chi connectivity index (χ0) is 15.5. The number of hydrogen-bond acceptors (Lipinski definition) is 3. The predicted molar refractivity (Wildman–Crippen MR) is 83.7 cm³/mol. The molecule has 4 heteroatoms. The molecule has 1 amide bonds. The van der Waals surface area contributed by atoms with Crippen LogP contribution in [0.25, 0.3) is 0 Å². The number of likely N-dealkylation sites (N-methyl/N-ethyl adjacent to an activating group) is 1. The Morgan fingerprint density at radius 1 is 1.33 bits per heavy atom. The van der Waals surface area contributed by atoms with Gasteiger partial charge in [0.15, 0.2) is 5.60 Å². The van der Waals surface area contributed by atoms with E-state index in [9.17, 15) is 4.79 Å². The monoisotopic (exact) mass is 291 g/mol. The van der Waals surface area contributed by atoms with Gasteiger partial charge in [0.1, 0.15) is 0 Å². The van der Waals surface area contributed by atoms with E-state index < -0.39 is 5.60 Å². The summed E-state index contributed by atoms with van der Waals surface area (Å²) in [5.41, 5.74) is 1.39. The lowest BCUT2D eigenvalue weighted by atomic mass is 9.92. The molecular weight excluding hydrogens is 266 g/mol. The first-order valence-electron chi connectivity index (χ1n) is 7.51. The standard InChI is InChI=1S/C17H25NO3/c1-13(2)14-6-5-7-15(12-14)18(3)16(19)17(20-4)8-10-21-11-9-17/h5-7,12-13H,8-11H2,1-4H3. The lowest BCUT2D eigenvalue weighted by molar-refractivity contribution is -0.151. The van der Waals surface area contributed by atoms with E-state index in [4.69, 9.17) is 9.47 Å². The number of ether oxygens (including phenoxy) is 2. The average molecular weight is 291 g/mol. The highest BCUT2D eigenvalue weighted by atomic mass is 16.5. The van der Waals surface area contributed by atoms with Crippen LogP contribution in [-0.2, 0) is 14.3 Å². The molecule has 0 aromatic heterocycles. The van der Waals surface area contributed by atoms with Gasteiger partial charge in [0.2, 0.25) is 0 Å². The van der Waals surface area contributed by atoms with E-state index in [1.165, 1.54) is 5.56 Å². The van der Waals surface area contributed by atoms with Crippen molar-refractivity contribution < 1.29 is 14.3 Å². The summed E-state index contributed by atoms with van der Waals surface area (Å²) in [5.74, 6) is 0.446. The van der Waals surface area contributed by atoms with Crippen LogP contribution < -0.4 is 4.90 Å². The molecule has 2 rings (SSSR count). The third kappa shape index (κ3) is 3.27. The molecule has 0 atom stereocenters. The van der Waals surface area contributed by atoms with Gasteiger partial charge in [-0.15, -0.1) is 0 Å². The number of hydrogen-bond donors (Lipinski definition) is 0. The maximum atomic E-state index is 12.9. The van der Waals surface area contributed by atoms with Crippen LogP contribution >= 0.6 is 0 Å². The van der Waals surface area contributed by atoms with Crippen molar-refractivity contribution in [1.29, 1.82) is 0 Å². The molecule has 1 fully saturated rings. The average Bonchev–Trinajstić information content (AvgIpc) is 2.54. The Labute approximate surface area is 127 Å². The Hall–Kier alpha value is -1.39. The highest BCUT2D eigenvalue weighted by molar-refractivity contribution is 5.99. The summed E-state index contributed by atoms with van der Waals surface area (Å²) in [6, 6.07) is 8.13. The SMILES string of the molecule is COC1(C(=O)N(C)c2cccc(C(C)C)c2)CCOCC1. The third-order valence-corrected chi connectivity index (χ3v) is 4.31. The number of nitrogens with zero attached hydrogens (tertiary/aromatic N) is 1. The molecule has 0 aliphatic carbocycles. The molecule has 1 aromatic rings. The second kappa shape index (κ2) is 6.58. The summed E-state index contributed by atoms with van der Waals surface area (Å²) in [6.07, 6.45) is 1.22. The summed E-state index contributed by atoms with van der Waals surface area (Å²) in [5, 5.41) is 0. The molecule has 116 valence electrons. The fourth-order valence-corrected chi connectivity index (χ4v) is 2.72. The van der Waals surface area contributed by atoms with E-state index in [1.54, 1.807) is 12.0 Å². The van der Waals surface area contributed by atoms with Crippen LogP contribution in [0.2, 0.25) is 0 Å². The molecule has 1 aliphatic rings. The van der Waals surface area contributed by atoms with Gasteiger partial charge < -0.3 is 14.4 Å². The van der Waals surface area contributed by atoms with E-state index >= 15 is 0 Å². The van der Waals surface area contributed by atoms with Crippen LogP contribution in [0.5, 0.6) is 0 Å². The molecule has 0 bridgehead atoms. The third-order valence-electron chi connectivity index (χ3n) is 4.31. The molecular formula is C17H25NO3. The minimum atomic E-state index is -0.749. The van der Waals surface area contributed by atoms with Crippen molar-refractivity contribution in [3.63, 3.8) is 0 Å². The Bertz CT molecular complexity index is 493. The van der Waals surface area contributed by atoms with Crippen molar-refractivity contribution >= 4 is 11.6 Å². The molecule has 0 radical (unpaired) electrons. The molecule has 1 aliphatic heterocycles. The number of benzene rings is 1. The molecule has 0 N–H and O–H groups in total. The molecule has 21 heavy (non-hydrogen) atoms. The first-order chi connectivity index (χ1) is 10.00. The first-order valence-corrected chi connectivity index (χ1v) is 7.51. The quantitative estimate of drug-likeness (QED) is 0.856. The maximum absolute atomic E-state index is 12.9. The van der Waals surface area contributed by atoms with Crippen molar-refractivity contribution in [3.8, 4) is 0 Å². The zero-order valence-electron chi connectivity index (χ0n) is 13.4. The fraction of sp³-hybridized carbons (Fsp3) is 0.588. The summed E-state index contributed by atoms with van der Waals surface area (Å²) in [6.45, 7) is 5.44. The van der Waals surface area contributed by atoms with Gasteiger partial charge in [0.25, 0.3) is 5.91 Å². The molecule has 4 nitrogen and oxygen atoms in total. The number of amides is 1. The highest BCUT2D eigenvalue weighted by Crippen LogP contribution is 2.29. The van der Waals surface area contributed by atoms with Crippen molar-refractivity contribution in [2.24, 2.45) is 0 Å². The van der Waals surface area contributed by atoms with Crippen LogP contribution in [0.4, 0.5) is 5.69 Å². The highest BCUT2D eigenvalue weighted by Gasteiger charge is 2.42. The summed E-state index contributed by atoms with van der Waals surface area (Å²) in [4.78, 5) is 14.6. The first kappa shape index (κ1) is 16.0. The van der Waals surface area contributed by atoms with Gasteiger partial charge in [0.05, 0.1) is 0 Å². The van der Waals surface area contributed by atoms with Crippen molar-refractivity contribution in [2.75, 3.05) is 32.3 Å². The Kier molecular flexibility index (Phi) is 5.01. The van der Waals surface area contributed by atoms with Gasteiger partial charge in [0, 0.05) is 45.9 Å². The van der Waals surface area contributed by atoms with Gasteiger partial charge in [-0.25, -0.2) is 0 Å². The summed E-state index contributed by atoms with van der Waals surface area (Å²) >= 11 is 0. The van der Waals surface area contributed by atoms with E-state index in [2.05, 4.69) is 26.0 Å². The Balaban J connectivity index is 2.23. The largest absolute Gasteiger partial charge is 0.381 e. The van der Waals surface area contributed by atoms with E-state index in [1.807, 2.05) is 19.2 Å². The summed E-state index contributed by atoms with van der Waals surface area (Å²) in [7, 11) is 3.43. The lowest BCUT2D eigenvalue weighted by Gasteiger charge is -2.37. The topological polar surface area (TPSA) is 38.8 Å². The second-order valence-corrected chi connectivity index (χ2v) is 5.92. The van der Waals surface area contributed by atoms with E-state index in [0.29, 0.717) is 32.0 Å². The van der Waals surface area contributed by atoms with Crippen molar-refractivity contribution in [2.45, 2.75) is 38.2 Å². The smallest absolute Gasteiger partial charge is 0.259 e. The number of carbonyl (C=O) groups is 1. The predicted octanol–water partition coefficient (Wildman–Crippen LogP) is 2.97. The van der Waals surface area contributed by atoms with E-state index in [0.717, 1.165) is 5.69 Å². The molecule has 0 saturated carbocycles. The van der Waals surface area contributed by atoms with Crippen LogP contribution in [0.3, 0.4) is 0 Å². The lowest BCUT2D eigenvalue weighted by Crippen LogP contribution is -2.52. The Morgan fingerprint density at radius 2 is 2.00 bits per heavy atom. The maximum Gasteiger partial charge on any atom is 0.259 e. The van der Waals surface area contributed by atoms with Gasteiger partial charge in [-0.1, -0.05) is 26.0 Å². The minimum Gasteiger partial charge on any atom is -0.381 e. The zero-order valence-corrected chi connectivity index (χ0v) is 13.4. The second-order valence-electron chi connectivity index (χ2n) is 5.92. The molecule has 0 spiro atoms. The Morgan fingerprint density at radius 3 is 2.57 bits per heavy atom. The molecule has 1 saturated heterocycles. The number of methoxy groups -OCH3 is 1. The van der Waals surface area contributed by atoms with Crippen LogP contribution in [-0.4, -0.2) is 38.9 Å². The van der Waals surface area contributed by atoms with Crippen LogP contribution in [0.1, 0.15) is 38.2 Å². The van der Waals surface area contributed by atoms with Crippen LogP contribution in [0.15, 0.2) is 24.3 Å². The number of anilines is 1.